The molecule has 0 bridgehead atoms. The highest BCUT2D eigenvalue weighted by Gasteiger charge is 2.16. The normalized spacial score (nSPS) is 11.6. The van der Waals surface area contributed by atoms with Gasteiger partial charge in [-0.2, -0.15) is 5.26 Å². The van der Waals surface area contributed by atoms with Crippen molar-refractivity contribution < 1.29 is 23.2 Å². The predicted octanol–water partition coefficient (Wildman–Crippen LogP) is 2.80. The Hall–Kier alpha value is -4.58. The predicted molar refractivity (Wildman–Crippen MR) is 117 cm³/mol. The molecular formula is C24H19N3O6. The number of carbonyl (C=O) groups is 2. The van der Waals surface area contributed by atoms with Gasteiger partial charge in [-0.05, 0) is 41.0 Å². The summed E-state index contributed by atoms with van der Waals surface area (Å²) in [6.45, 7) is -0.518. The third-order valence-corrected chi connectivity index (χ3v) is 5.07. The van der Waals surface area contributed by atoms with Crippen LogP contribution in [0.25, 0.3) is 22.2 Å². The van der Waals surface area contributed by atoms with Gasteiger partial charge < -0.3 is 18.9 Å². The SMILES string of the molecule is Cn1c(=O)oc2ccc(-c3ccc(C[C@@H](C#N)NC(=O)COC(=O)c4ccco4)cc3)cc21. The van der Waals surface area contributed by atoms with Crippen molar-refractivity contribution in [2.24, 2.45) is 7.05 Å². The number of nitrogens with one attached hydrogen (secondary N) is 1. The van der Waals surface area contributed by atoms with E-state index in [9.17, 15) is 19.6 Å². The maximum atomic E-state index is 12.1. The number of aromatic nitrogens is 1. The fraction of sp³-hybridized carbons (Fsp3) is 0.167. The van der Waals surface area contributed by atoms with Crippen molar-refractivity contribution in [3.8, 4) is 17.2 Å². The molecule has 33 heavy (non-hydrogen) atoms. The Morgan fingerprint density at radius 3 is 2.61 bits per heavy atom. The van der Waals surface area contributed by atoms with E-state index in [1.54, 1.807) is 13.1 Å². The number of oxazole rings is 1. The molecule has 0 aliphatic heterocycles. The van der Waals surface area contributed by atoms with Crippen molar-refractivity contribution in [1.82, 2.24) is 9.88 Å². The third kappa shape index (κ3) is 4.85. The number of furan rings is 1. The van der Waals surface area contributed by atoms with E-state index >= 15 is 0 Å². The second-order valence-corrected chi connectivity index (χ2v) is 7.31. The van der Waals surface area contributed by atoms with Crippen LogP contribution in [0.2, 0.25) is 0 Å². The van der Waals surface area contributed by atoms with Gasteiger partial charge in [-0.15, -0.1) is 0 Å². The van der Waals surface area contributed by atoms with Crippen LogP contribution in [0.1, 0.15) is 16.1 Å². The van der Waals surface area contributed by atoms with Crippen LogP contribution in [0.5, 0.6) is 0 Å². The van der Waals surface area contributed by atoms with Crippen molar-refractivity contribution >= 4 is 23.0 Å². The van der Waals surface area contributed by atoms with Gasteiger partial charge in [0, 0.05) is 13.5 Å². The second kappa shape index (κ2) is 9.28. The lowest BCUT2D eigenvalue weighted by molar-refractivity contribution is -0.124. The molecule has 0 aliphatic carbocycles. The van der Waals surface area contributed by atoms with Gasteiger partial charge in [-0.1, -0.05) is 30.3 Å². The number of nitriles is 1. The Morgan fingerprint density at radius 1 is 1.15 bits per heavy atom. The van der Waals surface area contributed by atoms with Crippen LogP contribution in [0, 0.1) is 11.3 Å². The van der Waals surface area contributed by atoms with Gasteiger partial charge in [-0.25, -0.2) is 9.59 Å². The topological polar surface area (TPSA) is 127 Å². The Labute approximate surface area is 187 Å². The van der Waals surface area contributed by atoms with E-state index in [1.165, 1.54) is 23.0 Å². The van der Waals surface area contributed by atoms with E-state index in [-0.39, 0.29) is 12.2 Å². The minimum absolute atomic E-state index is 0.00568. The van der Waals surface area contributed by atoms with E-state index in [1.807, 2.05) is 42.5 Å². The number of nitrogens with zero attached hydrogens (tertiary/aromatic N) is 2. The molecule has 2 aromatic carbocycles. The largest absolute Gasteiger partial charge is 0.457 e. The molecule has 166 valence electrons. The average Bonchev–Trinajstić information content (AvgIpc) is 3.46. The number of hydrogen-bond donors (Lipinski definition) is 1. The van der Waals surface area contributed by atoms with E-state index in [4.69, 9.17) is 13.6 Å². The summed E-state index contributed by atoms with van der Waals surface area (Å²) < 4.78 is 16.4. The maximum absolute atomic E-state index is 12.1. The van der Waals surface area contributed by atoms with Crippen LogP contribution < -0.4 is 11.1 Å². The minimum Gasteiger partial charge on any atom is -0.457 e. The number of fused-ring (bicyclic) bond motifs is 1. The molecule has 0 fully saturated rings. The molecule has 0 saturated heterocycles. The molecule has 0 spiro atoms. The molecule has 9 nitrogen and oxygen atoms in total. The number of rotatable bonds is 7. The van der Waals surface area contributed by atoms with Crippen LogP contribution in [0.3, 0.4) is 0 Å². The minimum atomic E-state index is -0.789. The van der Waals surface area contributed by atoms with Crippen LogP contribution >= 0.6 is 0 Å². The fourth-order valence-corrected chi connectivity index (χ4v) is 3.34. The summed E-state index contributed by atoms with van der Waals surface area (Å²) in [6, 6.07) is 17.2. The Kier molecular flexibility index (Phi) is 6.09. The summed E-state index contributed by atoms with van der Waals surface area (Å²) in [6.07, 6.45) is 1.61. The number of ether oxygens (including phenoxy) is 1. The molecule has 9 heteroatoms. The molecule has 2 heterocycles. The van der Waals surface area contributed by atoms with Crippen molar-refractivity contribution in [2.75, 3.05) is 6.61 Å². The summed E-state index contributed by atoms with van der Waals surface area (Å²) in [4.78, 5) is 35.4. The van der Waals surface area contributed by atoms with E-state index in [2.05, 4.69) is 5.32 Å². The average molecular weight is 445 g/mol. The number of carbonyl (C=O) groups excluding carboxylic acids is 2. The van der Waals surface area contributed by atoms with Crippen molar-refractivity contribution in [3.05, 3.63) is 82.7 Å². The highest BCUT2D eigenvalue weighted by Crippen LogP contribution is 2.24. The standard InChI is InChI=1S/C24H19N3O6/c1-27-19-12-17(8-9-20(19)33-24(27)30)16-6-4-15(5-7-16)11-18(13-25)26-22(28)14-32-23(29)21-3-2-10-31-21/h2-10,12,18H,11,14H2,1H3,(H,26,28)/t18-/m0/s1. The smallest absolute Gasteiger partial charge is 0.419 e. The molecular weight excluding hydrogens is 426 g/mol. The number of benzene rings is 2. The number of amides is 1. The van der Waals surface area contributed by atoms with Crippen LogP contribution in [-0.2, 0) is 23.0 Å². The van der Waals surface area contributed by atoms with E-state index in [0.29, 0.717) is 11.1 Å². The zero-order valence-electron chi connectivity index (χ0n) is 17.6. The van der Waals surface area contributed by atoms with Crippen molar-refractivity contribution in [3.63, 3.8) is 0 Å². The molecule has 0 aliphatic rings. The van der Waals surface area contributed by atoms with Gasteiger partial charge in [0.2, 0.25) is 5.76 Å². The van der Waals surface area contributed by atoms with Gasteiger partial charge in [0.05, 0.1) is 17.8 Å². The summed E-state index contributed by atoms with van der Waals surface area (Å²) in [5.41, 5.74) is 3.90. The number of aryl methyl sites for hydroxylation is 1. The van der Waals surface area contributed by atoms with Crippen molar-refractivity contribution in [1.29, 1.82) is 5.26 Å². The quantitative estimate of drug-likeness (QED) is 0.433. The molecule has 0 saturated carbocycles. The van der Waals surface area contributed by atoms with E-state index < -0.39 is 30.3 Å². The Bertz CT molecular complexity index is 1390. The summed E-state index contributed by atoms with van der Waals surface area (Å²) in [5, 5.41) is 11.9. The van der Waals surface area contributed by atoms with Crippen molar-refractivity contribution in [2.45, 2.75) is 12.5 Å². The molecule has 0 radical (unpaired) electrons. The van der Waals surface area contributed by atoms with Crippen LogP contribution in [0.4, 0.5) is 0 Å². The first-order valence-corrected chi connectivity index (χ1v) is 10.0. The molecule has 0 unspecified atom stereocenters. The second-order valence-electron chi connectivity index (χ2n) is 7.31. The monoisotopic (exact) mass is 445 g/mol. The zero-order valence-corrected chi connectivity index (χ0v) is 17.6. The first-order chi connectivity index (χ1) is 15.9. The molecule has 2 aromatic heterocycles. The maximum Gasteiger partial charge on any atom is 0.419 e. The molecule has 1 atom stereocenters. The van der Waals surface area contributed by atoms with Crippen LogP contribution in [0.15, 0.2) is 74.5 Å². The van der Waals surface area contributed by atoms with Gasteiger partial charge in [0.15, 0.2) is 12.2 Å². The summed E-state index contributed by atoms with van der Waals surface area (Å²) in [5.74, 6) is -1.77. The van der Waals surface area contributed by atoms with Gasteiger partial charge in [0.25, 0.3) is 5.91 Å². The highest BCUT2D eigenvalue weighted by molar-refractivity contribution is 5.88. The van der Waals surface area contributed by atoms with Gasteiger partial charge >= 0.3 is 11.7 Å². The summed E-state index contributed by atoms with van der Waals surface area (Å²) >= 11 is 0. The lowest BCUT2D eigenvalue weighted by atomic mass is 10.0. The molecule has 4 rings (SSSR count). The first-order valence-electron chi connectivity index (χ1n) is 10.0. The summed E-state index contributed by atoms with van der Waals surface area (Å²) in [7, 11) is 1.65. The fourth-order valence-electron chi connectivity index (χ4n) is 3.34. The number of esters is 1. The van der Waals surface area contributed by atoms with Gasteiger partial charge in [0.1, 0.15) is 6.04 Å². The third-order valence-electron chi connectivity index (χ3n) is 5.07. The molecule has 4 aromatic rings. The Morgan fingerprint density at radius 2 is 1.91 bits per heavy atom. The number of hydrogen-bond acceptors (Lipinski definition) is 7. The Balaban J connectivity index is 1.36. The van der Waals surface area contributed by atoms with Gasteiger partial charge in [-0.3, -0.25) is 9.36 Å². The van der Waals surface area contributed by atoms with E-state index in [0.717, 1.165) is 16.7 Å². The lowest BCUT2D eigenvalue weighted by Crippen LogP contribution is -2.38. The molecule has 1 amide bonds. The lowest BCUT2D eigenvalue weighted by Gasteiger charge is -2.12. The molecule has 1 N–H and O–H groups in total. The zero-order chi connectivity index (χ0) is 23.4. The highest BCUT2D eigenvalue weighted by atomic mass is 16.5. The van der Waals surface area contributed by atoms with Crippen LogP contribution in [-0.4, -0.2) is 29.1 Å². The first kappa shape index (κ1) is 21.6.